The van der Waals surface area contributed by atoms with Gasteiger partial charge in [0, 0.05) is 13.7 Å². The molecule has 0 heterocycles. The number of benzene rings is 1. The van der Waals surface area contributed by atoms with E-state index in [2.05, 4.69) is 4.72 Å². The van der Waals surface area contributed by atoms with E-state index >= 15 is 0 Å². The van der Waals surface area contributed by atoms with Gasteiger partial charge in [-0.05, 0) is 36.1 Å². The molecule has 6 heteroatoms. The smallest absolute Gasteiger partial charge is 0.244 e. The second-order valence-corrected chi connectivity index (χ2v) is 6.64. The number of methoxy groups -OCH3 is 2. The first kappa shape index (κ1) is 16.9. The Balaban J connectivity index is 3.24. The average molecular weight is 301 g/mol. The van der Waals surface area contributed by atoms with Gasteiger partial charge in [-0.2, -0.15) is 0 Å². The lowest BCUT2D eigenvalue weighted by molar-refractivity contribution is 0.204. The predicted octanol–water partition coefficient (Wildman–Crippen LogP) is 2.05. The maximum atomic E-state index is 12.3. The van der Waals surface area contributed by atoms with Crippen LogP contribution < -0.4 is 9.46 Å². The highest BCUT2D eigenvalue weighted by molar-refractivity contribution is 7.89. The molecule has 5 nitrogen and oxygen atoms in total. The molecule has 1 N–H and O–H groups in total. The average Bonchev–Trinajstić information content (AvgIpc) is 2.37. The Labute approximate surface area is 121 Å². The summed E-state index contributed by atoms with van der Waals surface area (Å²) in [5.41, 5.74) is 2.02. The third kappa shape index (κ3) is 3.94. The first-order valence-electron chi connectivity index (χ1n) is 6.50. The first-order valence-corrected chi connectivity index (χ1v) is 7.99. The van der Waals surface area contributed by atoms with Crippen molar-refractivity contribution in [2.75, 3.05) is 27.4 Å². The number of ether oxygens (including phenoxy) is 2. The molecule has 1 aromatic carbocycles. The molecule has 0 saturated heterocycles. The Morgan fingerprint density at radius 1 is 1.25 bits per heavy atom. The number of nitrogens with one attached hydrogen (secondary N) is 1. The number of aryl methyl sites for hydroxylation is 1. The molecule has 0 bridgehead atoms. The molecule has 0 spiro atoms. The van der Waals surface area contributed by atoms with E-state index < -0.39 is 10.0 Å². The summed E-state index contributed by atoms with van der Waals surface area (Å²) >= 11 is 0. The minimum Gasteiger partial charge on any atom is -0.495 e. The Kier molecular flexibility index (Phi) is 5.98. The van der Waals surface area contributed by atoms with E-state index in [-0.39, 0.29) is 17.4 Å². The molecule has 0 aliphatic heterocycles. The zero-order valence-corrected chi connectivity index (χ0v) is 13.5. The standard InChI is InChI=1S/C14H23NO4S/c1-10(2)12-9-14(13(19-5)8-11(12)3)20(16,17)15-6-7-18-4/h8-10,15H,6-7H2,1-5H3. The second kappa shape index (κ2) is 7.06. The first-order chi connectivity index (χ1) is 9.33. The zero-order valence-electron chi connectivity index (χ0n) is 12.7. The molecule has 1 rings (SSSR count). The van der Waals surface area contributed by atoms with Crippen LogP contribution in [0.4, 0.5) is 0 Å². The van der Waals surface area contributed by atoms with E-state index in [0.717, 1.165) is 11.1 Å². The van der Waals surface area contributed by atoms with Crippen LogP contribution in [0.15, 0.2) is 17.0 Å². The maximum absolute atomic E-state index is 12.3. The van der Waals surface area contributed by atoms with Crippen LogP contribution in [0.25, 0.3) is 0 Å². The lowest BCUT2D eigenvalue weighted by Crippen LogP contribution is -2.27. The highest BCUT2D eigenvalue weighted by Crippen LogP contribution is 2.30. The quantitative estimate of drug-likeness (QED) is 0.783. The van der Waals surface area contributed by atoms with E-state index in [1.165, 1.54) is 14.2 Å². The van der Waals surface area contributed by atoms with Crippen molar-refractivity contribution >= 4 is 10.0 Å². The topological polar surface area (TPSA) is 64.6 Å². The molecule has 114 valence electrons. The maximum Gasteiger partial charge on any atom is 0.244 e. The summed E-state index contributed by atoms with van der Waals surface area (Å²) in [4.78, 5) is 0.172. The molecular weight excluding hydrogens is 278 g/mol. The van der Waals surface area contributed by atoms with Crippen molar-refractivity contribution in [3.05, 3.63) is 23.3 Å². The van der Waals surface area contributed by atoms with Crippen LogP contribution in [-0.2, 0) is 14.8 Å². The summed E-state index contributed by atoms with van der Waals surface area (Å²) in [6.45, 7) is 6.57. The Morgan fingerprint density at radius 2 is 1.90 bits per heavy atom. The highest BCUT2D eigenvalue weighted by Gasteiger charge is 2.21. The minimum absolute atomic E-state index is 0.172. The molecule has 0 amide bonds. The summed E-state index contributed by atoms with van der Waals surface area (Å²) in [5, 5.41) is 0. The van der Waals surface area contributed by atoms with Gasteiger partial charge in [0.25, 0.3) is 0 Å². The van der Waals surface area contributed by atoms with Crippen molar-refractivity contribution in [2.45, 2.75) is 31.6 Å². The highest BCUT2D eigenvalue weighted by atomic mass is 32.2. The minimum atomic E-state index is -3.60. The van der Waals surface area contributed by atoms with Crippen LogP contribution in [0, 0.1) is 6.92 Å². The molecule has 20 heavy (non-hydrogen) atoms. The molecule has 0 saturated carbocycles. The molecular formula is C14H23NO4S. The van der Waals surface area contributed by atoms with Crippen molar-refractivity contribution in [1.29, 1.82) is 0 Å². The van der Waals surface area contributed by atoms with Gasteiger partial charge in [0.05, 0.1) is 13.7 Å². The zero-order chi connectivity index (χ0) is 15.3. The van der Waals surface area contributed by atoms with Crippen molar-refractivity contribution in [1.82, 2.24) is 4.72 Å². The molecule has 1 aromatic rings. The van der Waals surface area contributed by atoms with Gasteiger partial charge in [0.1, 0.15) is 10.6 Å². The van der Waals surface area contributed by atoms with Crippen molar-refractivity contribution < 1.29 is 17.9 Å². The van der Waals surface area contributed by atoms with Crippen LogP contribution in [0.3, 0.4) is 0 Å². The summed E-state index contributed by atoms with van der Waals surface area (Å²) < 4.78 is 37.2. The fraction of sp³-hybridized carbons (Fsp3) is 0.571. The van der Waals surface area contributed by atoms with Crippen molar-refractivity contribution in [2.24, 2.45) is 0 Å². The number of rotatable bonds is 7. The second-order valence-electron chi connectivity index (χ2n) is 4.90. The van der Waals surface area contributed by atoms with Crippen LogP contribution in [-0.4, -0.2) is 35.8 Å². The number of sulfonamides is 1. The Morgan fingerprint density at radius 3 is 2.40 bits per heavy atom. The van der Waals surface area contributed by atoms with Crippen LogP contribution in [0.1, 0.15) is 30.9 Å². The van der Waals surface area contributed by atoms with E-state index in [4.69, 9.17) is 9.47 Å². The summed E-state index contributed by atoms with van der Waals surface area (Å²) in [6.07, 6.45) is 0. The third-order valence-electron chi connectivity index (χ3n) is 3.06. The third-order valence-corrected chi connectivity index (χ3v) is 4.54. The van der Waals surface area contributed by atoms with Gasteiger partial charge in [-0.25, -0.2) is 13.1 Å². The van der Waals surface area contributed by atoms with E-state index in [1.807, 2.05) is 20.8 Å². The molecule has 0 aliphatic rings. The van der Waals surface area contributed by atoms with Crippen LogP contribution >= 0.6 is 0 Å². The number of hydrogen-bond donors (Lipinski definition) is 1. The monoisotopic (exact) mass is 301 g/mol. The molecule has 0 fully saturated rings. The predicted molar refractivity (Wildman–Crippen MR) is 78.9 cm³/mol. The Hall–Kier alpha value is -1.11. The molecule has 0 radical (unpaired) electrons. The molecule has 0 aliphatic carbocycles. The summed E-state index contributed by atoms with van der Waals surface area (Å²) in [5.74, 6) is 0.602. The van der Waals surface area contributed by atoms with Crippen LogP contribution in [0.2, 0.25) is 0 Å². The fourth-order valence-electron chi connectivity index (χ4n) is 2.02. The van der Waals surface area contributed by atoms with E-state index in [1.54, 1.807) is 12.1 Å². The normalized spacial score (nSPS) is 11.9. The Bertz CT molecular complexity index is 553. The van der Waals surface area contributed by atoms with Gasteiger partial charge in [-0.15, -0.1) is 0 Å². The van der Waals surface area contributed by atoms with Gasteiger partial charge >= 0.3 is 0 Å². The van der Waals surface area contributed by atoms with Crippen LogP contribution in [0.5, 0.6) is 5.75 Å². The SMILES string of the molecule is COCCNS(=O)(=O)c1cc(C(C)C)c(C)cc1OC. The van der Waals surface area contributed by atoms with Gasteiger partial charge < -0.3 is 9.47 Å². The van der Waals surface area contributed by atoms with Crippen molar-refractivity contribution in [3.63, 3.8) is 0 Å². The molecule has 0 aromatic heterocycles. The molecule has 0 unspecified atom stereocenters. The van der Waals surface area contributed by atoms with E-state index in [9.17, 15) is 8.42 Å². The van der Waals surface area contributed by atoms with Gasteiger partial charge in [0.15, 0.2) is 0 Å². The largest absolute Gasteiger partial charge is 0.495 e. The molecule has 0 atom stereocenters. The van der Waals surface area contributed by atoms with Gasteiger partial charge in [-0.1, -0.05) is 13.8 Å². The summed E-state index contributed by atoms with van der Waals surface area (Å²) in [7, 11) is -0.607. The van der Waals surface area contributed by atoms with Gasteiger partial charge in [0.2, 0.25) is 10.0 Å². The fourth-order valence-corrected chi connectivity index (χ4v) is 3.22. The lowest BCUT2D eigenvalue weighted by Gasteiger charge is -2.16. The number of hydrogen-bond acceptors (Lipinski definition) is 4. The van der Waals surface area contributed by atoms with E-state index in [0.29, 0.717) is 12.4 Å². The summed E-state index contributed by atoms with van der Waals surface area (Å²) in [6, 6.07) is 3.45. The van der Waals surface area contributed by atoms with Gasteiger partial charge in [-0.3, -0.25) is 0 Å². The lowest BCUT2D eigenvalue weighted by atomic mass is 9.98. The van der Waals surface area contributed by atoms with Crippen molar-refractivity contribution in [3.8, 4) is 5.75 Å².